The molecule has 1 aromatic heterocycles. The van der Waals surface area contributed by atoms with Crippen molar-refractivity contribution in [2.45, 2.75) is 6.54 Å². The number of rotatable bonds is 5. The molecule has 0 saturated heterocycles. The Morgan fingerprint density at radius 2 is 2.00 bits per heavy atom. The van der Waals surface area contributed by atoms with Gasteiger partial charge in [-0.3, -0.25) is 10.1 Å². The van der Waals surface area contributed by atoms with Crippen LogP contribution >= 0.6 is 15.9 Å². The molecule has 0 radical (unpaired) electrons. The molecule has 8 heteroatoms. The monoisotopic (exact) mass is 374 g/mol. The summed E-state index contributed by atoms with van der Waals surface area (Å²) in [7, 11) is 0. The smallest absolute Gasteiger partial charge is 0.271 e. The molecule has 1 heterocycles. The number of halogens is 1. The van der Waals surface area contributed by atoms with E-state index in [0.29, 0.717) is 17.5 Å². The second-order valence-electron chi connectivity index (χ2n) is 4.64. The molecule has 0 fully saturated rings. The van der Waals surface area contributed by atoms with Crippen molar-refractivity contribution in [2.75, 3.05) is 5.32 Å². The third-order valence-corrected chi connectivity index (χ3v) is 3.76. The fourth-order valence-corrected chi connectivity index (χ4v) is 2.43. The first-order valence-corrected chi connectivity index (χ1v) is 7.48. The predicted molar refractivity (Wildman–Crippen MR) is 87.9 cm³/mol. The molecule has 0 aliphatic heterocycles. The predicted octanol–water partition coefficient (Wildman–Crippen LogP) is 4.02. The molecule has 1 N–H and O–H groups in total. The lowest BCUT2D eigenvalue weighted by Gasteiger charge is -2.02. The zero-order chi connectivity index (χ0) is 16.2. The van der Waals surface area contributed by atoms with Gasteiger partial charge in [0.1, 0.15) is 0 Å². The van der Waals surface area contributed by atoms with Crippen molar-refractivity contribution in [1.29, 1.82) is 0 Å². The van der Waals surface area contributed by atoms with Gasteiger partial charge >= 0.3 is 0 Å². The average Bonchev–Trinajstić information content (AvgIpc) is 3.02. The van der Waals surface area contributed by atoms with Crippen LogP contribution in [0.25, 0.3) is 11.5 Å². The highest BCUT2D eigenvalue weighted by atomic mass is 79.9. The van der Waals surface area contributed by atoms with Crippen LogP contribution < -0.4 is 5.32 Å². The Kier molecular flexibility index (Phi) is 4.33. The minimum absolute atomic E-state index is 0.0226. The molecule has 3 rings (SSSR count). The molecule has 0 aliphatic carbocycles. The molecule has 7 nitrogen and oxygen atoms in total. The number of hydrogen-bond acceptors (Lipinski definition) is 6. The lowest BCUT2D eigenvalue weighted by Crippen LogP contribution is -2.00. The van der Waals surface area contributed by atoms with Gasteiger partial charge in [0.05, 0.1) is 17.0 Å². The van der Waals surface area contributed by atoms with Gasteiger partial charge in [-0.05, 0) is 34.1 Å². The van der Waals surface area contributed by atoms with Crippen LogP contribution in [0.4, 0.5) is 11.4 Å². The van der Waals surface area contributed by atoms with Gasteiger partial charge in [0.2, 0.25) is 11.8 Å². The zero-order valence-corrected chi connectivity index (χ0v) is 13.4. The number of hydrogen-bond donors (Lipinski definition) is 1. The lowest BCUT2D eigenvalue weighted by molar-refractivity contribution is -0.384. The van der Waals surface area contributed by atoms with Crippen molar-refractivity contribution in [3.05, 3.63) is 69.0 Å². The van der Waals surface area contributed by atoms with Gasteiger partial charge in [0.25, 0.3) is 5.69 Å². The largest absolute Gasteiger partial charge is 0.419 e. The Morgan fingerprint density at radius 3 is 2.78 bits per heavy atom. The van der Waals surface area contributed by atoms with Gasteiger partial charge < -0.3 is 9.73 Å². The van der Waals surface area contributed by atoms with E-state index in [2.05, 4.69) is 31.4 Å². The van der Waals surface area contributed by atoms with Gasteiger partial charge in [0, 0.05) is 22.3 Å². The molecule has 0 unspecified atom stereocenters. The second kappa shape index (κ2) is 6.57. The third kappa shape index (κ3) is 3.54. The van der Waals surface area contributed by atoms with E-state index >= 15 is 0 Å². The highest BCUT2D eigenvalue weighted by Crippen LogP contribution is 2.26. The maximum Gasteiger partial charge on any atom is 0.271 e. The van der Waals surface area contributed by atoms with Gasteiger partial charge in [-0.25, -0.2) is 0 Å². The molecular weight excluding hydrogens is 364 g/mol. The van der Waals surface area contributed by atoms with E-state index in [9.17, 15) is 10.1 Å². The summed E-state index contributed by atoms with van der Waals surface area (Å²) in [5.41, 5.74) is 1.44. The fourth-order valence-electron chi connectivity index (χ4n) is 1.98. The number of aromatic nitrogens is 2. The molecule has 0 aliphatic rings. The Hall–Kier alpha value is -2.74. The van der Waals surface area contributed by atoms with E-state index in [1.807, 2.05) is 24.3 Å². The summed E-state index contributed by atoms with van der Waals surface area (Å²) in [6, 6.07) is 13.8. The van der Waals surface area contributed by atoms with Crippen molar-refractivity contribution < 1.29 is 9.34 Å². The first-order chi connectivity index (χ1) is 11.1. The minimum Gasteiger partial charge on any atom is -0.419 e. The molecule has 0 spiro atoms. The van der Waals surface area contributed by atoms with Crippen molar-refractivity contribution >= 4 is 27.3 Å². The quantitative estimate of drug-likeness (QED) is 0.535. The number of nitro benzene ring substituents is 1. The first-order valence-electron chi connectivity index (χ1n) is 6.69. The molecule has 2 aromatic carbocycles. The Bertz CT molecular complexity index is 850. The molecule has 0 atom stereocenters. The maximum atomic E-state index is 10.8. The van der Waals surface area contributed by atoms with E-state index in [1.165, 1.54) is 12.1 Å². The van der Waals surface area contributed by atoms with E-state index in [1.54, 1.807) is 12.1 Å². The van der Waals surface area contributed by atoms with Crippen LogP contribution in [-0.2, 0) is 6.54 Å². The van der Waals surface area contributed by atoms with E-state index < -0.39 is 4.92 Å². The summed E-state index contributed by atoms with van der Waals surface area (Å²) in [6.45, 7) is 0.276. The molecule has 0 amide bonds. The number of nitrogens with one attached hydrogen (secondary N) is 1. The SMILES string of the molecule is O=[N+]([O-])c1cccc(NCc2nnc(-c3ccccc3Br)o2)c1. The normalized spacial score (nSPS) is 10.5. The summed E-state index contributed by atoms with van der Waals surface area (Å²) in [5.74, 6) is 0.801. The van der Waals surface area contributed by atoms with E-state index in [0.717, 1.165) is 10.0 Å². The molecule has 0 bridgehead atoms. The van der Waals surface area contributed by atoms with Crippen molar-refractivity contribution in [3.8, 4) is 11.5 Å². The summed E-state index contributed by atoms with van der Waals surface area (Å²) >= 11 is 3.43. The number of benzene rings is 2. The average molecular weight is 375 g/mol. The first kappa shape index (κ1) is 15.2. The minimum atomic E-state index is -0.442. The van der Waals surface area contributed by atoms with Crippen LogP contribution in [0.1, 0.15) is 5.89 Å². The van der Waals surface area contributed by atoms with Crippen LogP contribution in [0.15, 0.2) is 57.4 Å². The molecule has 3 aromatic rings. The Morgan fingerprint density at radius 1 is 1.17 bits per heavy atom. The summed E-state index contributed by atoms with van der Waals surface area (Å²) in [4.78, 5) is 10.3. The molecule has 0 saturated carbocycles. The molecule has 116 valence electrons. The summed E-state index contributed by atoms with van der Waals surface area (Å²) in [6.07, 6.45) is 0. The summed E-state index contributed by atoms with van der Waals surface area (Å²) in [5, 5.41) is 21.8. The van der Waals surface area contributed by atoms with Gasteiger partial charge in [-0.1, -0.05) is 18.2 Å². The Labute approximate surface area is 139 Å². The van der Waals surface area contributed by atoms with Gasteiger partial charge in [0.15, 0.2) is 0 Å². The van der Waals surface area contributed by atoms with Crippen molar-refractivity contribution in [1.82, 2.24) is 10.2 Å². The topological polar surface area (TPSA) is 94.1 Å². The number of nitrogens with zero attached hydrogens (tertiary/aromatic N) is 3. The number of non-ortho nitro benzene ring substituents is 1. The molecular formula is C15H11BrN4O3. The highest BCUT2D eigenvalue weighted by Gasteiger charge is 2.11. The van der Waals surface area contributed by atoms with Crippen LogP contribution in [0.3, 0.4) is 0 Å². The lowest BCUT2D eigenvalue weighted by atomic mass is 10.2. The Balaban J connectivity index is 1.72. The van der Waals surface area contributed by atoms with Gasteiger partial charge in [-0.2, -0.15) is 0 Å². The third-order valence-electron chi connectivity index (χ3n) is 3.07. The highest BCUT2D eigenvalue weighted by molar-refractivity contribution is 9.10. The maximum absolute atomic E-state index is 10.8. The van der Waals surface area contributed by atoms with Crippen LogP contribution in [0, 0.1) is 10.1 Å². The number of anilines is 1. The standard InChI is InChI=1S/C15H11BrN4O3/c16-13-7-2-1-6-12(13)15-19-18-14(23-15)9-17-10-4-3-5-11(8-10)20(21)22/h1-8,17H,9H2. The van der Waals surface area contributed by atoms with Crippen LogP contribution in [-0.4, -0.2) is 15.1 Å². The zero-order valence-electron chi connectivity index (χ0n) is 11.8. The van der Waals surface area contributed by atoms with Crippen molar-refractivity contribution in [2.24, 2.45) is 0 Å². The molecule has 23 heavy (non-hydrogen) atoms. The fraction of sp³-hybridized carbons (Fsp3) is 0.0667. The van der Waals surface area contributed by atoms with Crippen molar-refractivity contribution in [3.63, 3.8) is 0 Å². The van der Waals surface area contributed by atoms with Crippen LogP contribution in [0.2, 0.25) is 0 Å². The summed E-state index contributed by atoms with van der Waals surface area (Å²) < 4.78 is 6.46. The van der Waals surface area contributed by atoms with Gasteiger partial charge in [-0.15, -0.1) is 10.2 Å². The van der Waals surface area contributed by atoms with E-state index in [-0.39, 0.29) is 12.2 Å². The van der Waals surface area contributed by atoms with Crippen LogP contribution in [0.5, 0.6) is 0 Å². The van der Waals surface area contributed by atoms with E-state index in [4.69, 9.17) is 4.42 Å². The second-order valence-corrected chi connectivity index (χ2v) is 5.50. The number of nitro groups is 1.